The van der Waals surface area contributed by atoms with Gasteiger partial charge in [0.15, 0.2) is 0 Å². The van der Waals surface area contributed by atoms with Gasteiger partial charge in [-0.15, -0.1) is 0 Å². The number of halogens is 3. The smallest absolute Gasteiger partial charge is 0.360 e. The van der Waals surface area contributed by atoms with Crippen LogP contribution in [0.3, 0.4) is 0 Å². The summed E-state index contributed by atoms with van der Waals surface area (Å²) in [4.78, 5) is 36.9. The molecule has 3 fully saturated rings. The molecule has 1 aromatic heterocycles. The first-order chi connectivity index (χ1) is 16.8. The largest absolute Gasteiger partial charge is 0.416 e. The monoisotopic (exact) mass is 490 g/mol. The molecular formula is C24H29F3N6O2. The van der Waals surface area contributed by atoms with Crippen LogP contribution in [0.5, 0.6) is 0 Å². The zero-order valence-corrected chi connectivity index (χ0v) is 19.4. The van der Waals surface area contributed by atoms with Crippen molar-refractivity contribution in [3.63, 3.8) is 0 Å². The van der Waals surface area contributed by atoms with Crippen LogP contribution >= 0.6 is 0 Å². The van der Waals surface area contributed by atoms with E-state index in [1.165, 1.54) is 12.4 Å². The van der Waals surface area contributed by atoms with Crippen molar-refractivity contribution in [1.82, 2.24) is 25.1 Å². The lowest BCUT2D eigenvalue weighted by Crippen LogP contribution is -2.63. The molecule has 0 unspecified atom stereocenters. The van der Waals surface area contributed by atoms with Gasteiger partial charge in [0.2, 0.25) is 11.8 Å². The van der Waals surface area contributed by atoms with Crippen LogP contribution in [-0.2, 0) is 15.8 Å². The number of aromatic nitrogens is 2. The SMILES string of the molecule is O=C(CNc1ncnc2ccc(C(F)(F)F)cc12)NC1CN(C2CCC(N3CCCC3=O)CC2)C1. The number of fused-ring (bicyclic) bond motifs is 1. The standard InChI is InChI=1S/C24H29F3N6O2/c25-24(26,27)15-3-8-20-19(10-15)23(30-14-29-20)28-11-21(34)31-16-12-32(13-16)17-4-6-18(7-5-17)33-9-1-2-22(33)35/h3,8,10,14,16-18H,1-2,4-7,9,11-13H2,(H,31,34)(H,28,29,30). The second-order valence-electron chi connectivity index (χ2n) is 9.68. The molecule has 3 heterocycles. The quantitative estimate of drug-likeness (QED) is 0.647. The van der Waals surface area contributed by atoms with E-state index in [4.69, 9.17) is 0 Å². The predicted molar refractivity (Wildman–Crippen MR) is 124 cm³/mol. The predicted octanol–water partition coefficient (Wildman–Crippen LogP) is 2.79. The molecule has 11 heteroatoms. The number of likely N-dealkylation sites (tertiary alicyclic amines) is 2. The lowest BCUT2D eigenvalue weighted by atomic mass is 9.87. The second-order valence-corrected chi connectivity index (χ2v) is 9.68. The lowest BCUT2D eigenvalue weighted by Gasteiger charge is -2.47. The summed E-state index contributed by atoms with van der Waals surface area (Å²) in [5.41, 5.74) is -0.419. The summed E-state index contributed by atoms with van der Waals surface area (Å²) in [7, 11) is 0. The first kappa shape index (κ1) is 23.8. The van der Waals surface area contributed by atoms with Crippen LogP contribution in [-0.4, -0.2) is 75.9 Å². The summed E-state index contributed by atoms with van der Waals surface area (Å²) in [6.45, 7) is 2.38. The number of hydrogen-bond donors (Lipinski definition) is 2. The first-order valence-electron chi connectivity index (χ1n) is 12.2. The molecule has 1 saturated carbocycles. The van der Waals surface area contributed by atoms with E-state index in [9.17, 15) is 22.8 Å². The molecule has 1 aliphatic carbocycles. The molecule has 35 heavy (non-hydrogen) atoms. The molecule has 0 spiro atoms. The highest BCUT2D eigenvalue weighted by molar-refractivity contribution is 5.91. The third-order valence-corrected chi connectivity index (χ3v) is 7.39. The first-order valence-corrected chi connectivity index (χ1v) is 12.2. The number of alkyl halides is 3. The summed E-state index contributed by atoms with van der Waals surface area (Å²) in [6, 6.07) is 4.20. The van der Waals surface area contributed by atoms with Crippen LogP contribution in [0.4, 0.5) is 19.0 Å². The maximum atomic E-state index is 13.1. The third kappa shape index (κ3) is 5.19. The Morgan fingerprint density at radius 3 is 2.51 bits per heavy atom. The summed E-state index contributed by atoms with van der Waals surface area (Å²) in [5.74, 6) is 0.258. The Hall–Kier alpha value is -2.95. The molecular weight excluding hydrogens is 461 g/mol. The van der Waals surface area contributed by atoms with E-state index in [0.717, 1.165) is 63.9 Å². The van der Waals surface area contributed by atoms with Crippen LogP contribution in [0.2, 0.25) is 0 Å². The van der Waals surface area contributed by atoms with Crippen molar-refractivity contribution in [2.24, 2.45) is 0 Å². The normalized spacial score (nSPS) is 24.0. The van der Waals surface area contributed by atoms with Crippen molar-refractivity contribution >= 4 is 28.5 Å². The van der Waals surface area contributed by atoms with E-state index in [1.807, 2.05) is 0 Å². The molecule has 8 nitrogen and oxygen atoms in total. The van der Waals surface area contributed by atoms with E-state index in [2.05, 4.69) is 30.4 Å². The Balaban J connectivity index is 1.07. The number of nitrogens with one attached hydrogen (secondary N) is 2. The van der Waals surface area contributed by atoms with Gasteiger partial charge in [0, 0.05) is 43.5 Å². The average molecular weight is 491 g/mol. The van der Waals surface area contributed by atoms with Gasteiger partial charge in [-0.3, -0.25) is 14.5 Å². The molecule has 188 valence electrons. The Morgan fingerprint density at radius 2 is 1.83 bits per heavy atom. The maximum Gasteiger partial charge on any atom is 0.416 e. The number of carbonyl (C=O) groups excluding carboxylic acids is 2. The molecule has 2 N–H and O–H groups in total. The number of benzene rings is 1. The maximum absolute atomic E-state index is 13.1. The second kappa shape index (κ2) is 9.60. The average Bonchev–Trinajstić information content (AvgIpc) is 3.24. The highest BCUT2D eigenvalue weighted by atomic mass is 19.4. The number of amides is 2. The number of carbonyl (C=O) groups is 2. The molecule has 5 rings (SSSR count). The van der Waals surface area contributed by atoms with Gasteiger partial charge in [0.05, 0.1) is 23.7 Å². The van der Waals surface area contributed by atoms with E-state index in [-0.39, 0.29) is 29.7 Å². The summed E-state index contributed by atoms with van der Waals surface area (Å²) in [6.07, 6.45) is 2.66. The lowest BCUT2D eigenvalue weighted by molar-refractivity contribution is -0.137. The minimum absolute atomic E-state index is 0.0566. The molecule has 0 bridgehead atoms. The van der Waals surface area contributed by atoms with Gasteiger partial charge < -0.3 is 15.5 Å². The van der Waals surface area contributed by atoms with E-state index >= 15 is 0 Å². The number of rotatable bonds is 6. The van der Waals surface area contributed by atoms with Crippen LogP contribution in [0.1, 0.15) is 44.1 Å². The number of nitrogens with zero attached hydrogens (tertiary/aromatic N) is 4. The van der Waals surface area contributed by atoms with Gasteiger partial charge in [-0.1, -0.05) is 0 Å². The Labute approximate surface area is 201 Å². The summed E-state index contributed by atoms with van der Waals surface area (Å²) < 4.78 is 39.2. The Kier molecular flexibility index (Phi) is 6.52. The van der Waals surface area contributed by atoms with Crippen LogP contribution in [0.15, 0.2) is 24.5 Å². The molecule has 2 aromatic rings. The molecule has 2 amide bonds. The van der Waals surface area contributed by atoms with Crippen molar-refractivity contribution in [3.8, 4) is 0 Å². The minimum Gasteiger partial charge on any atom is -0.360 e. The summed E-state index contributed by atoms with van der Waals surface area (Å²) >= 11 is 0. The minimum atomic E-state index is -4.47. The van der Waals surface area contributed by atoms with Crippen molar-refractivity contribution in [2.75, 3.05) is 31.5 Å². The summed E-state index contributed by atoms with van der Waals surface area (Å²) in [5, 5.41) is 6.05. The zero-order chi connectivity index (χ0) is 24.6. The molecule has 0 radical (unpaired) electrons. The van der Waals surface area contributed by atoms with Gasteiger partial charge in [-0.25, -0.2) is 9.97 Å². The molecule has 2 aliphatic heterocycles. The number of hydrogen-bond acceptors (Lipinski definition) is 6. The highest BCUT2D eigenvalue weighted by Gasteiger charge is 2.37. The molecule has 0 atom stereocenters. The van der Waals surface area contributed by atoms with Gasteiger partial charge in [0.25, 0.3) is 0 Å². The van der Waals surface area contributed by atoms with E-state index in [1.54, 1.807) is 0 Å². The fraction of sp³-hybridized carbons (Fsp3) is 0.583. The van der Waals surface area contributed by atoms with Gasteiger partial charge >= 0.3 is 6.18 Å². The Morgan fingerprint density at radius 1 is 1.09 bits per heavy atom. The fourth-order valence-corrected chi connectivity index (χ4v) is 5.51. The highest BCUT2D eigenvalue weighted by Crippen LogP contribution is 2.33. The molecule has 1 aromatic carbocycles. The van der Waals surface area contributed by atoms with Crippen LogP contribution < -0.4 is 10.6 Å². The Bertz CT molecular complexity index is 1100. The zero-order valence-electron chi connectivity index (χ0n) is 19.4. The van der Waals surface area contributed by atoms with E-state index in [0.29, 0.717) is 29.9 Å². The van der Waals surface area contributed by atoms with Crippen molar-refractivity contribution in [1.29, 1.82) is 0 Å². The molecule has 2 saturated heterocycles. The number of anilines is 1. The fourth-order valence-electron chi connectivity index (χ4n) is 5.51. The third-order valence-electron chi connectivity index (χ3n) is 7.39. The van der Waals surface area contributed by atoms with Crippen molar-refractivity contribution < 1.29 is 22.8 Å². The topological polar surface area (TPSA) is 90.5 Å². The molecule has 3 aliphatic rings. The van der Waals surface area contributed by atoms with Gasteiger partial charge in [-0.05, 0) is 50.3 Å². The van der Waals surface area contributed by atoms with E-state index < -0.39 is 11.7 Å². The van der Waals surface area contributed by atoms with Gasteiger partial charge in [0.1, 0.15) is 12.1 Å². The van der Waals surface area contributed by atoms with Crippen LogP contribution in [0, 0.1) is 0 Å². The van der Waals surface area contributed by atoms with Crippen LogP contribution in [0.25, 0.3) is 10.9 Å². The van der Waals surface area contributed by atoms with Crippen molar-refractivity contribution in [3.05, 3.63) is 30.1 Å². The van der Waals surface area contributed by atoms with Crippen molar-refractivity contribution in [2.45, 2.75) is 62.8 Å². The van der Waals surface area contributed by atoms with Gasteiger partial charge in [-0.2, -0.15) is 13.2 Å².